The monoisotopic (exact) mass is 475 g/mol. The van der Waals surface area contributed by atoms with Crippen molar-refractivity contribution in [2.75, 3.05) is 0 Å². The predicted octanol–water partition coefficient (Wildman–Crippen LogP) is 3.70. The Hall–Kier alpha value is -2.33. The van der Waals surface area contributed by atoms with Gasteiger partial charge in [-0.1, -0.05) is 41.7 Å². The molecule has 0 saturated carbocycles. The van der Waals surface area contributed by atoms with E-state index in [-0.39, 0.29) is 5.91 Å². The van der Waals surface area contributed by atoms with Crippen LogP contribution in [0, 0.1) is 10.5 Å². The van der Waals surface area contributed by atoms with Gasteiger partial charge < -0.3 is 5.32 Å². The summed E-state index contributed by atoms with van der Waals surface area (Å²) in [6.07, 6.45) is 0. The number of hydrogen-bond acceptors (Lipinski definition) is 5. The van der Waals surface area contributed by atoms with Gasteiger partial charge in [-0.2, -0.15) is 9.61 Å². The molecule has 2 aromatic carbocycles. The Balaban J connectivity index is 1.45. The average molecular weight is 475 g/mol. The Bertz CT molecular complexity index is 1090. The Morgan fingerprint density at radius 3 is 2.73 bits per heavy atom. The van der Waals surface area contributed by atoms with Crippen LogP contribution in [-0.4, -0.2) is 25.7 Å². The van der Waals surface area contributed by atoms with E-state index in [1.54, 1.807) is 4.52 Å². The molecule has 0 aliphatic rings. The summed E-state index contributed by atoms with van der Waals surface area (Å²) in [7, 11) is 0. The van der Waals surface area contributed by atoms with Gasteiger partial charge in [0.2, 0.25) is 4.96 Å². The molecule has 1 amide bonds. The summed E-state index contributed by atoms with van der Waals surface area (Å²) in [5.41, 5.74) is 2.73. The van der Waals surface area contributed by atoms with Crippen LogP contribution in [0.1, 0.15) is 21.7 Å². The minimum Gasteiger partial charge on any atom is -0.348 e. The molecule has 8 heteroatoms. The summed E-state index contributed by atoms with van der Waals surface area (Å²) >= 11 is 3.70. The molecule has 0 fully saturated rings. The lowest BCUT2D eigenvalue weighted by Gasteiger charge is -2.06. The van der Waals surface area contributed by atoms with Crippen LogP contribution >= 0.6 is 33.9 Å². The first-order valence-electron chi connectivity index (χ1n) is 7.92. The minimum atomic E-state index is -0.0725. The summed E-state index contributed by atoms with van der Waals surface area (Å²) in [6, 6.07) is 15.5. The molecule has 0 saturated heterocycles. The van der Waals surface area contributed by atoms with E-state index in [2.05, 4.69) is 43.2 Å². The van der Waals surface area contributed by atoms with Gasteiger partial charge in [-0.05, 0) is 53.3 Å². The Morgan fingerprint density at radius 2 is 2.00 bits per heavy atom. The van der Waals surface area contributed by atoms with Crippen LogP contribution in [0.2, 0.25) is 0 Å². The summed E-state index contributed by atoms with van der Waals surface area (Å²) < 4.78 is 2.79. The maximum atomic E-state index is 12.2. The molecule has 0 atom stereocenters. The number of carbonyl (C=O) groups is 1. The Labute approximate surface area is 167 Å². The topological polar surface area (TPSA) is 72.2 Å². The summed E-state index contributed by atoms with van der Waals surface area (Å²) in [6.45, 7) is 2.36. The normalized spacial score (nSPS) is 11.0. The molecule has 0 aliphatic heterocycles. The van der Waals surface area contributed by atoms with Crippen molar-refractivity contribution in [3.8, 4) is 10.6 Å². The summed E-state index contributed by atoms with van der Waals surface area (Å²) in [4.78, 5) is 13.0. The molecule has 130 valence electrons. The third kappa shape index (κ3) is 3.47. The number of amides is 1. The molecule has 0 aliphatic carbocycles. The van der Waals surface area contributed by atoms with Gasteiger partial charge in [-0.25, -0.2) is 0 Å². The van der Waals surface area contributed by atoms with Crippen molar-refractivity contribution < 1.29 is 4.79 Å². The number of rotatable bonds is 4. The second-order valence-electron chi connectivity index (χ2n) is 5.74. The average Bonchev–Trinajstić information content (AvgIpc) is 3.22. The first kappa shape index (κ1) is 17.1. The van der Waals surface area contributed by atoms with Gasteiger partial charge in [0.1, 0.15) is 5.01 Å². The maximum Gasteiger partial charge on any atom is 0.251 e. The van der Waals surface area contributed by atoms with Crippen LogP contribution in [0.3, 0.4) is 0 Å². The van der Waals surface area contributed by atoms with Crippen LogP contribution in [0.5, 0.6) is 0 Å². The molecule has 1 N–H and O–H groups in total. The van der Waals surface area contributed by atoms with Gasteiger partial charge >= 0.3 is 0 Å². The molecule has 0 unspecified atom stereocenters. The molecule has 26 heavy (non-hydrogen) atoms. The van der Waals surface area contributed by atoms with E-state index in [4.69, 9.17) is 0 Å². The van der Waals surface area contributed by atoms with E-state index >= 15 is 0 Å². The highest BCUT2D eigenvalue weighted by molar-refractivity contribution is 14.1. The maximum absolute atomic E-state index is 12.2. The molecule has 2 heterocycles. The van der Waals surface area contributed by atoms with Crippen LogP contribution in [0.4, 0.5) is 0 Å². The smallest absolute Gasteiger partial charge is 0.251 e. The Kier molecular flexibility index (Phi) is 4.68. The number of fused-ring (bicyclic) bond motifs is 1. The number of halogens is 1. The Morgan fingerprint density at radius 1 is 1.19 bits per heavy atom. The molecule has 2 aromatic heterocycles. The van der Waals surface area contributed by atoms with Crippen LogP contribution in [0.15, 0.2) is 48.5 Å². The second-order valence-corrected chi connectivity index (χ2v) is 7.94. The molecule has 0 bridgehead atoms. The zero-order valence-corrected chi connectivity index (χ0v) is 16.8. The number of hydrogen-bond donors (Lipinski definition) is 1. The van der Waals surface area contributed by atoms with Crippen molar-refractivity contribution in [3.63, 3.8) is 0 Å². The molecule has 4 rings (SSSR count). The first-order valence-corrected chi connectivity index (χ1v) is 9.81. The van der Waals surface area contributed by atoms with E-state index in [9.17, 15) is 4.79 Å². The van der Waals surface area contributed by atoms with E-state index in [0.29, 0.717) is 12.1 Å². The van der Waals surface area contributed by atoms with Gasteiger partial charge in [-0.15, -0.1) is 10.2 Å². The molecule has 4 aromatic rings. The van der Waals surface area contributed by atoms with Gasteiger partial charge in [-0.3, -0.25) is 4.79 Å². The van der Waals surface area contributed by atoms with Gasteiger partial charge in [0, 0.05) is 21.2 Å². The van der Waals surface area contributed by atoms with Gasteiger partial charge in [0.15, 0.2) is 5.82 Å². The fourth-order valence-electron chi connectivity index (χ4n) is 2.51. The van der Waals surface area contributed by atoms with Gasteiger partial charge in [0.25, 0.3) is 5.91 Å². The highest BCUT2D eigenvalue weighted by Gasteiger charge is 2.10. The second kappa shape index (κ2) is 7.12. The first-order chi connectivity index (χ1) is 12.6. The van der Waals surface area contributed by atoms with Crippen molar-refractivity contribution in [3.05, 3.63) is 69.1 Å². The summed E-state index contributed by atoms with van der Waals surface area (Å²) in [5, 5.41) is 16.5. The van der Waals surface area contributed by atoms with Crippen molar-refractivity contribution in [1.82, 2.24) is 25.1 Å². The van der Waals surface area contributed by atoms with Crippen molar-refractivity contribution in [1.29, 1.82) is 0 Å². The molecular weight excluding hydrogens is 461 g/mol. The quantitative estimate of drug-likeness (QED) is 0.457. The standard InChI is InChI=1S/C18H14IN5OS/c1-11-21-22-18-24(11)23-17(26-18)13-7-5-12(6-8-13)10-20-16(25)14-3-2-4-15(19)9-14/h2-9H,10H2,1H3,(H,20,25). The zero-order chi connectivity index (χ0) is 18.1. The lowest BCUT2D eigenvalue weighted by Crippen LogP contribution is -2.22. The largest absolute Gasteiger partial charge is 0.348 e. The lowest BCUT2D eigenvalue weighted by molar-refractivity contribution is 0.0951. The molecular formula is C18H14IN5OS. The molecule has 0 radical (unpaired) electrons. The number of carbonyl (C=O) groups excluding carboxylic acids is 1. The van der Waals surface area contributed by atoms with Crippen molar-refractivity contribution in [2.45, 2.75) is 13.5 Å². The molecule has 6 nitrogen and oxygen atoms in total. The van der Waals surface area contributed by atoms with Crippen molar-refractivity contribution in [2.24, 2.45) is 0 Å². The molecule has 0 spiro atoms. The predicted molar refractivity (Wildman–Crippen MR) is 109 cm³/mol. The number of aromatic nitrogens is 4. The number of nitrogens with one attached hydrogen (secondary N) is 1. The third-order valence-corrected chi connectivity index (χ3v) is 5.51. The lowest BCUT2D eigenvalue weighted by atomic mass is 10.1. The van der Waals surface area contributed by atoms with E-state index < -0.39 is 0 Å². The third-order valence-electron chi connectivity index (χ3n) is 3.89. The van der Waals surface area contributed by atoms with E-state index in [0.717, 1.165) is 30.5 Å². The number of aryl methyl sites for hydroxylation is 1. The summed E-state index contributed by atoms with van der Waals surface area (Å²) in [5.74, 6) is 0.703. The van der Waals surface area contributed by atoms with Crippen LogP contribution < -0.4 is 5.32 Å². The van der Waals surface area contributed by atoms with Crippen LogP contribution in [-0.2, 0) is 6.54 Å². The fraction of sp³-hybridized carbons (Fsp3) is 0.111. The zero-order valence-electron chi connectivity index (χ0n) is 13.8. The van der Waals surface area contributed by atoms with Crippen LogP contribution in [0.25, 0.3) is 15.5 Å². The fourth-order valence-corrected chi connectivity index (χ4v) is 3.94. The number of nitrogens with zero attached hydrogens (tertiary/aromatic N) is 4. The van der Waals surface area contributed by atoms with Gasteiger partial charge in [0.05, 0.1) is 0 Å². The highest BCUT2D eigenvalue weighted by Crippen LogP contribution is 2.25. The minimum absolute atomic E-state index is 0.0725. The van der Waals surface area contributed by atoms with E-state index in [1.807, 2.05) is 55.5 Å². The van der Waals surface area contributed by atoms with Crippen molar-refractivity contribution >= 4 is 44.8 Å². The SMILES string of the molecule is Cc1nnc2sc(-c3ccc(CNC(=O)c4cccc(I)c4)cc3)nn12. The number of benzene rings is 2. The highest BCUT2D eigenvalue weighted by atomic mass is 127. The van der Waals surface area contributed by atoms with E-state index in [1.165, 1.54) is 11.3 Å².